The zero-order chi connectivity index (χ0) is 16.9. The van der Waals surface area contributed by atoms with Gasteiger partial charge >= 0.3 is 5.97 Å². The summed E-state index contributed by atoms with van der Waals surface area (Å²) in [6.45, 7) is 2.14. The molecule has 5 heteroatoms. The van der Waals surface area contributed by atoms with Crippen LogP contribution >= 0.6 is 11.6 Å². The molecular formula is C19H20ClNO3. The van der Waals surface area contributed by atoms with Crippen molar-refractivity contribution in [1.29, 1.82) is 0 Å². The van der Waals surface area contributed by atoms with Crippen LogP contribution in [0.4, 0.5) is 5.69 Å². The van der Waals surface area contributed by atoms with Gasteiger partial charge in [-0.3, -0.25) is 0 Å². The molecule has 1 aliphatic rings. The summed E-state index contributed by atoms with van der Waals surface area (Å²) in [5, 5.41) is 9.95. The maximum absolute atomic E-state index is 11.6. The minimum absolute atomic E-state index is 0.489. The lowest BCUT2D eigenvalue weighted by atomic mass is 10.1. The molecule has 0 spiro atoms. The number of anilines is 1. The lowest BCUT2D eigenvalue weighted by Gasteiger charge is -2.29. The molecule has 1 fully saturated rings. The molecular weight excluding hydrogens is 326 g/mol. The number of ether oxygens (including phenoxy) is 1. The fourth-order valence-corrected chi connectivity index (χ4v) is 3.15. The van der Waals surface area contributed by atoms with Crippen LogP contribution in [0.15, 0.2) is 48.5 Å². The summed E-state index contributed by atoms with van der Waals surface area (Å²) < 4.78 is 5.68. The Morgan fingerprint density at radius 1 is 1.08 bits per heavy atom. The molecule has 0 saturated carbocycles. The van der Waals surface area contributed by atoms with Crippen LogP contribution in [-0.2, 0) is 4.79 Å². The summed E-state index contributed by atoms with van der Waals surface area (Å²) >= 11 is 5.95. The molecule has 0 aromatic heterocycles. The second-order valence-electron chi connectivity index (χ2n) is 5.93. The van der Waals surface area contributed by atoms with Crippen molar-refractivity contribution in [1.82, 2.24) is 0 Å². The Bertz CT molecular complexity index is 696. The quantitative estimate of drug-likeness (QED) is 0.864. The van der Waals surface area contributed by atoms with E-state index in [0.717, 1.165) is 18.8 Å². The van der Waals surface area contributed by atoms with E-state index in [9.17, 15) is 9.90 Å². The average Bonchev–Trinajstić information content (AvgIpc) is 2.61. The number of nitrogens with zero attached hydrogens (tertiary/aromatic N) is 1. The molecule has 0 bridgehead atoms. The average molecular weight is 346 g/mol. The molecule has 24 heavy (non-hydrogen) atoms. The molecule has 1 atom stereocenters. The molecule has 1 heterocycles. The number of aliphatic carboxylic acids is 1. The summed E-state index contributed by atoms with van der Waals surface area (Å²) in [6.07, 6.45) is 2.64. The number of halogens is 1. The van der Waals surface area contributed by atoms with E-state index in [-0.39, 0.29) is 0 Å². The molecule has 0 radical (unpaired) electrons. The molecule has 1 saturated heterocycles. The first-order valence-electron chi connectivity index (χ1n) is 8.13. The van der Waals surface area contributed by atoms with Gasteiger partial charge in [0, 0.05) is 29.4 Å². The zero-order valence-electron chi connectivity index (χ0n) is 13.3. The van der Waals surface area contributed by atoms with Crippen molar-refractivity contribution in [3.8, 4) is 5.75 Å². The number of carboxylic acids is 1. The van der Waals surface area contributed by atoms with Crippen LogP contribution in [0.25, 0.3) is 0 Å². The molecule has 126 valence electrons. The highest BCUT2D eigenvalue weighted by molar-refractivity contribution is 6.30. The molecule has 4 nitrogen and oxygen atoms in total. The predicted octanol–water partition coefficient (Wildman–Crippen LogP) is 4.54. The van der Waals surface area contributed by atoms with Crippen LogP contribution in [0, 0.1) is 0 Å². The van der Waals surface area contributed by atoms with E-state index >= 15 is 0 Å². The number of hydrogen-bond acceptors (Lipinski definition) is 3. The van der Waals surface area contributed by atoms with Crippen molar-refractivity contribution < 1.29 is 14.6 Å². The van der Waals surface area contributed by atoms with Crippen LogP contribution in [0.2, 0.25) is 5.02 Å². The van der Waals surface area contributed by atoms with Gasteiger partial charge in [0.2, 0.25) is 6.10 Å². The summed E-state index contributed by atoms with van der Waals surface area (Å²) in [5.41, 5.74) is 1.67. The first-order valence-corrected chi connectivity index (χ1v) is 8.51. The highest BCUT2D eigenvalue weighted by atomic mass is 35.5. The maximum atomic E-state index is 11.6. The number of carbonyl (C=O) groups is 1. The van der Waals surface area contributed by atoms with Gasteiger partial charge < -0.3 is 14.7 Å². The molecule has 1 aliphatic heterocycles. The van der Waals surface area contributed by atoms with E-state index in [4.69, 9.17) is 16.3 Å². The monoisotopic (exact) mass is 345 g/mol. The standard InChI is InChI=1S/C19H20ClNO3/c20-15-6-4-5-14(13-15)18(19(22)23)24-17-9-7-16(8-10-17)21-11-2-1-3-12-21/h4-10,13,18H,1-3,11-12H2,(H,22,23). The first kappa shape index (κ1) is 16.7. The summed E-state index contributed by atoms with van der Waals surface area (Å²) in [5.74, 6) is -0.513. The van der Waals surface area contributed by atoms with Gasteiger partial charge in [-0.2, -0.15) is 0 Å². The Morgan fingerprint density at radius 2 is 1.79 bits per heavy atom. The highest BCUT2D eigenvalue weighted by Crippen LogP contribution is 2.27. The SMILES string of the molecule is O=C(O)C(Oc1ccc(N2CCCCC2)cc1)c1cccc(Cl)c1. The number of benzene rings is 2. The highest BCUT2D eigenvalue weighted by Gasteiger charge is 2.22. The van der Waals surface area contributed by atoms with Crippen molar-refractivity contribution >= 4 is 23.3 Å². The topological polar surface area (TPSA) is 49.8 Å². The molecule has 3 rings (SSSR count). The lowest BCUT2D eigenvalue weighted by Crippen LogP contribution is -2.29. The molecule has 0 aliphatic carbocycles. The molecule has 0 amide bonds. The summed E-state index contributed by atoms with van der Waals surface area (Å²) in [4.78, 5) is 13.9. The molecule has 2 aromatic carbocycles. The number of rotatable bonds is 5. The Morgan fingerprint density at radius 3 is 2.42 bits per heavy atom. The maximum Gasteiger partial charge on any atom is 0.349 e. The third kappa shape index (κ3) is 4.01. The largest absolute Gasteiger partial charge is 0.478 e. The van der Waals surface area contributed by atoms with E-state index in [1.165, 1.54) is 19.3 Å². The fourth-order valence-electron chi connectivity index (χ4n) is 2.95. The number of carboxylic acid groups (broad SMARTS) is 1. The van der Waals surface area contributed by atoms with E-state index in [1.54, 1.807) is 24.3 Å². The third-order valence-corrected chi connectivity index (χ3v) is 4.42. The zero-order valence-corrected chi connectivity index (χ0v) is 14.1. The van der Waals surface area contributed by atoms with Gasteiger partial charge in [-0.15, -0.1) is 0 Å². The number of piperidine rings is 1. The van der Waals surface area contributed by atoms with Crippen molar-refractivity contribution in [2.45, 2.75) is 25.4 Å². The minimum atomic E-state index is -1.08. The first-order chi connectivity index (χ1) is 11.6. The van der Waals surface area contributed by atoms with E-state index in [2.05, 4.69) is 4.90 Å². The van der Waals surface area contributed by atoms with Crippen LogP contribution < -0.4 is 9.64 Å². The Labute approximate surface area is 146 Å². The third-order valence-electron chi connectivity index (χ3n) is 4.19. The van der Waals surface area contributed by atoms with Gasteiger partial charge in [0.1, 0.15) is 5.75 Å². The normalized spacial score (nSPS) is 15.8. The second-order valence-corrected chi connectivity index (χ2v) is 6.37. The van der Waals surface area contributed by atoms with Crippen molar-refractivity contribution in [3.63, 3.8) is 0 Å². The van der Waals surface area contributed by atoms with Crippen molar-refractivity contribution in [2.75, 3.05) is 18.0 Å². The minimum Gasteiger partial charge on any atom is -0.478 e. The number of hydrogen-bond donors (Lipinski definition) is 1. The van der Waals surface area contributed by atoms with Gasteiger partial charge in [-0.05, 0) is 55.7 Å². The van der Waals surface area contributed by atoms with Gasteiger partial charge in [0.05, 0.1) is 0 Å². The Hall–Kier alpha value is -2.20. The molecule has 1 N–H and O–H groups in total. The molecule has 2 aromatic rings. The fraction of sp³-hybridized carbons (Fsp3) is 0.316. The van der Waals surface area contributed by atoms with Crippen molar-refractivity contribution in [3.05, 3.63) is 59.1 Å². The second kappa shape index (κ2) is 7.58. The van der Waals surface area contributed by atoms with Crippen LogP contribution in [0.5, 0.6) is 5.75 Å². The van der Waals surface area contributed by atoms with Gasteiger partial charge in [0.15, 0.2) is 0 Å². The van der Waals surface area contributed by atoms with Crippen LogP contribution in [0.1, 0.15) is 30.9 Å². The van der Waals surface area contributed by atoms with Crippen LogP contribution in [-0.4, -0.2) is 24.2 Å². The summed E-state index contributed by atoms with van der Waals surface area (Å²) in [7, 11) is 0. The van der Waals surface area contributed by atoms with E-state index in [0.29, 0.717) is 16.3 Å². The van der Waals surface area contributed by atoms with Crippen molar-refractivity contribution in [2.24, 2.45) is 0 Å². The Kier molecular flexibility index (Phi) is 5.26. The summed E-state index contributed by atoms with van der Waals surface area (Å²) in [6, 6.07) is 14.4. The smallest absolute Gasteiger partial charge is 0.349 e. The van der Waals surface area contributed by atoms with Crippen LogP contribution in [0.3, 0.4) is 0 Å². The Balaban J connectivity index is 1.74. The lowest BCUT2D eigenvalue weighted by molar-refractivity contribution is -0.145. The van der Waals surface area contributed by atoms with E-state index in [1.807, 2.05) is 24.3 Å². The van der Waals surface area contributed by atoms with Gasteiger partial charge in [0.25, 0.3) is 0 Å². The van der Waals surface area contributed by atoms with Gasteiger partial charge in [-0.1, -0.05) is 23.7 Å². The van der Waals surface area contributed by atoms with Gasteiger partial charge in [-0.25, -0.2) is 4.79 Å². The van der Waals surface area contributed by atoms with E-state index < -0.39 is 12.1 Å². The molecule has 1 unspecified atom stereocenters. The predicted molar refractivity (Wildman–Crippen MR) is 95.0 cm³/mol.